The number of carbonyl (C=O) groups excluding carboxylic acids is 1. The van der Waals surface area contributed by atoms with Crippen molar-refractivity contribution in [3.05, 3.63) is 59.7 Å². The molecule has 2 aromatic rings. The van der Waals surface area contributed by atoms with Crippen molar-refractivity contribution in [2.45, 2.75) is 11.4 Å². The summed E-state index contributed by atoms with van der Waals surface area (Å²) in [6.07, 6.45) is 0.968. The number of halogens is 1. The lowest BCUT2D eigenvalue weighted by Gasteiger charge is -2.19. The zero-order valence-corrected chi connectivity index (χ0v) is 12.4. The molecule has 0 spiro atoms. The second-order valence-corrected chi connectivity index (χ2v) is 7.09. The van der Waals surface area contributed by atoms with Gasteiger partial charge in [-0.05, 0) is 23.8 Å². The maximum Gasteiger partial charge on any atom is 0.272 e. The van der Waals surface area contributed by atoms with Gasteiger partial charge in [0.05, 0.1) is 16.8 Å². The number of carbonyl (C=O) groups is 1. The highest BCUT2D eigenvalue weighted by Crippen LogP contribution is 2.23. The Morgan fingerprint density at radius 3 is 2.68 bits per heavy atom. The molecule has 22 heavy (non-hydrogen) atoms. The summed E-state index contributed by atoms with van der Waals surface area (Å²) in [7, 11) is -3.41. The lowest BCUT2D eigenvalue weighted by molar-refractivity contribution is 0.0748. The number of rotatable bonds is 1. The first-order valence-electron chi connectivity index (χ1n) is 6.69. The Kier molecular flexibility index (Phi) is 3.66. The SMILES string of the molecule is O=C(c1ccc(F)cn1)N1CCS(=O)(=O)c2ccccc2C1. The van der Waals surface area contributed by atoms with Crippen molar-refractivity contribution in [1.29, 1.82) is 0 Å². The van der Waals surface area contributed by atoms with Gasteiger partial charge in [-0.2, -0.15) is 0 Å². The first kappa shape index (κ1) is 14.6. The molecule has 0 saturated carbocycles. The van der Waals surface area contributed by atoms with Crippen LogP contribution in [0.15, 0.2) is 47.5 Å². The number of benzene rings is 1. The van der Waals surface area contributed by atoms with Crippen molar-refractivity contribution in [3.8, 4) is 0 Å². The molecule has 1 amide bonds. The summed E-state index contributed by atoms with van der Waals surface area (Å²) in [4.78, 5) is 17.9. The number of pyridine rings is 1. The van der Waals surface area contributed by atoms with Gasteiger partial charge in [0.25, 0.3) is 5.91 Å². The van der Waals surface area contributed by atoms with Crippen LogP contribution < -0.4 is 0 Å². The van der Waals surface area contributed by atoms with Crippen molar-refractivity contribution in [2.75, 3.05) is 12.3 Å². The predicted molar refractivity (Wildman–Crippen MR) is 77.4 cm³/mol. The molecule has 7 heteroatoms. The number of aromatic nitrogens is 1. The molecule has 3 rings (SSSR count). The highest BCUT2D eigenvalue weighted by Gasteiger charge is 2.28. The van der Waals surface area contributed by atoms with E-state index >= 15 is 0 Å². The van der Waals surface area contributed by atoms with E-state index in [2.05, 4.69) is 4.98 Å². The molecule has 0 atom stereocenters. The van der Waals surface area contributed by atoms with Crippen LogP contribution in [0.25, 0.3) is 0 Å². The Bertz CT molecular complexity index is 819. The Labute approximate surface area is 127 Å². The summed E-state index contributed by atoms with van der Waals surface area (Å²) in [6.45, 7) is 0.266. The van der Waals surface area contributed by atoms with Crippen molar-refractivity contribution in [1.82, 2.24) is 9.88 Å². The van der Waals surface area contributed by atoms with Crippen LogP contribution >= 0.6 is 0 Å². The topological polar surface area (TPSA) is 67.3 Å². The summed E-state index contributed by atoms with van der Waals surface area (Å²) >= 11 is 0. The number of hydrogen-bond donors (Lipinski definition) is 0. The van der Waals surface area contributed by atoms with Gasteiger partial charge in [-0.3, -0.25) is 4.79 Å². The summed E-state index contributed by atoms with van der Waals surface area (Å²) in [5.74, 6) is -1.08. The second-order valence-electron chi connectivity index (χ2n) is 5.01. The molecular weight excluding hydrogens is 307 g/mol. The Morgan fingerprint density at radius 1 is 1.18 bits per heavy atom. The van der Waals surface area contributed by atoms with Crippen molar-refractivity contribution >= 4 is 15.7 Å². The normalized spacial score (nSPS) is 16.7. The van der Waals surface area contributed by atoms with Gasteiger partial charge in [0, 0.05) is 13.1 Å². The summed E-state index contributed by atoms with van der Waals surface area (Å²) in [5, 5.41) is 0. The molecule has 0 fully saturated rings. The number of amides is 1. The van der Waals surface area contributed by atoms with Crippen LogP contribution in [0, 0.1) is 5.82 Å². The molecule has 1 aliphatic rings. The average Bonchev–Trinajstić information content (AvgIpc) is 2.64. The standard InChI is InChI=1S/C15H13FN2O3S/c16-12-5-6-13(17-9-12)15(19)18-7-8-22(20,21)14-4-2-1-3-11(14)10-18/h1-6,9H,7-8,10H2. The van der Waals surface area contributed by atoms with Gasteiger partial charge in [0.2, 0.25) is 0 Å². The largest absolute Gasteiger partial charge is 0.332 e. The fourth-order valence-corrected chi connectivity index (χ4v) is 3.90. The first-order valence-corrected chi connectivity index (χ1v) is 8.34. The minimum Gasteiger partial charge on any atom is -0.332 e. The predicted octanol–water partition coefficient (Wildman–Crippen LogP) is 1.65. The number of nitrogens with zero attached hydrogens (tertiary/aromatic N) is 2. The van der Waals surface area contributed by atoms with E-state index in [4.69, 9.17) is 0 Å². The van der Waals surface area contributed by atoms with E-state index < -0.39 is 21.6 Å². The third kappa shape index (κ3) is 2.71. The molecule has 0 N–H and O–H groups in total. The highest BCUT2D eigenvalue weighted by atomic mass is 32.2. The van der Waals surface area contributed by atoms with Gasteiger partial charge in [-0.25, -0.2) is 17.8 Å². The molecule has 1 aromatic carbocycles. The molecule has 1 aromatic heterocycles. The Morgan fingerprint density at radius 2 is 1.95 bits per heavy atom. The number of sulfone groups is 1. The van der Waals surface area contributed by atoms with E-state index in [0.717, 1.165) is 12.3 Å². The van der Waals surface area contributed by atoms with Gasteiger partial charge in [0.1, 0.15) is 11.5 Å². The molecule has 0 aliphatic carbocycles. The van der Waals surface area contributed by atoms with Crippen LogP contribution in [-0.4, -0.2) is 36.5 Å². The van der Waals surface area contributed by atoms with Crippen LogP contribution in [0.5, 0.6) is 0 Å². The van der Waals surface area contributed by atoms with Gasteiger partial charge in [-0.1, -0.05) is 18.2 Å². The zero-order chi connectivity index (χ0) is 15.7. The summed E-state index contributed by atoms with van der Waals surface area (Å²) in [5.41, 5.74) is 0.675. The van der Waals surface area contributed by atoms with Crippen molar-refractivity contribution in [2.24, 2.45) is 0 Å². The molecule has 114 valence electrons. The van der Waals surface area contributed by atoms with Crippen LogP contribution in [0.2, 0.25) is 0 Å². The highest BCUT2D eigenvalue weighted by molar-refractivity contribution is 7.91. The van der Waals surface area contributed by atoms with E-state index in [9.17, 15) is 17.6 Å². The maximum atomic E-state index is 12.9. The second kappa shape index (κ2) is 5.49. The van der Waals surface area contributed by atoms with Crippen LogP contribution in [0.4, 0.5) is 4.39 Å². The van der Waals surface area contributed by atoms with E-state index in [0.29, 0.717) is 5.56 Å². The quantitative estimate of drug-likeness (QED) is 0.801. The van der Waals surface area contributed by atoms with E-state index in [1.165, 1.54) is 11.0 Å². The lowest BCUT2D eigenvalue weighted by atomic mass is 10.2. The Balaban J connectivity index is 1.94. The van der Waals surface area contributed by atoms with E-state index in [1.54, 1.807) is 24.3 Å². The van der Waals surface area contributed by atoms with E-state index in [1.807, 2.05) is 0 Å². The minimum absolute atomic E-state index is 0.0783. The lowest BCUT2D eigenvalue weighted by Crippen LogP contribution is -2.33. The Hall–Kier alpha value is -2.28. The summed E-state index contributed by atoms with van der Waals surface area (Å²) in [6, 6.07) is 9.09. The fourth-order valence-electron chi connectivity index (χ4n) is 2.40. The van der Waals surface area contributed by atoms with Crippen LogP contribution in [-0.2, 0) is 16.4 Å². The molecule has 5 nitrogen and oxygen atoms in total. The molecule has 1 aliphatic heterocycles. The van der Waals surface area contributed by atoms with Gasteiger partial charge in [-0.15, -0.1) is 0 Å². The molecule has 0 unspecified atom stereocenters. The summed E-state index contributed by atoms with van der Waals surface area (Å²) < 4.78 is 37.4. The third-order valence-electron chi connectivity index (χ3n) is 3.53. The monoisotopic (exact) mass is 320 g/mol. The molecule has 2 heterocycles. The molecule has 0 bridgehead atoms. The molecular formula is C15H13FN2O3S. The van der Waals surface area contributed by atoms with Crippen LogP contribution in [0.1, 0.15) is 16.1 Å². The molecule has 0 radical (unpaired) electrons. The minimum atomic E-state index is -3.41. The third-order valence-corrected chi connectivity index (χ3v) is 5.32. The van der Waals surface area contributed by atoms with Gasteiger partial charge < -0.3 is 4.90 Å². The van der Waals surface area contributed by atoms with Crippen molar-refractivity contribution in [3.63, 3.8) is 0 Å². The zero-order valence-electron chi connectivity index (χ0n) is 11.6. The van der Waals surface area contributed by atoms with Crippen molar-refractivity contribution < 1.29 is 17.6 Å². The number of hydrogen-bond acceptors (Lipinski definition) is 4. The number of fused-ring (bicyclic) bond motifs is 1. The fraction of sp³-hybridized carbons (Fsp3) is 0.200. The first-order chi connectivity index (χ1) is 10.5. The van der Waals surface area contributed by atoms with E-state index in [-0.39, 0.29) is 29.4 Å². The average molecular weight is 320 g/mol. The molecule has 0 saturated heterocycles. The van der Waals surface area contributed by atoms with Gasteiger partial charge in [0.15, 0.2) is 9.84 Å². The van der Waals surface area contributed by atoms with Crippen LogP contribution in [0.3, 0.4) is 0 Å². The smallest absolute Gasteiger partial charge is 0.272 e. The van der Waals surface area contributed by atoms with Gasteiger partial charge >= 0.3 is 0 Å². The maximum absolute atomic E-state index is 12.9.